The molecule has 1 aliphatic carbocycles. The first-order valence-electron chi connectivity index (χ1n) is 8.19. The number of hydrogen-bond acceptors (Lipinski definition) is 4. The Morgan fingerprint density at radius 3 is 2.52 bits per heavy atom. The van der Waals surface area contributed by atoms with E-state index in [-0.39, 0.29) is 16.6 Å². The van der Waals surface area contributed by atoms with Gasteiger partial charge in [0.2, 0.25) is 0 Å². The minimum atomic E-state index is -3.75. The number of aromatic nitrogens is 1. The van der Waals surface area contributed by atoms with Gasteiger partial charge in [0.25, 0.3) is 15.9 Å². The quantitative estimate of drug-likeness (QED) is 0.909. The van der Waals surface area contributed by atoms with Gasteiger partial charge in [0, 0.05) is 25.9 Å². The summed E-state index contributed by atoms with van der Waals surface area (Å²) in [6.07, 6.45) is 5.55. The summed E-state index contributed by atoms with van der Waals surface area (Å²) in [7, 11) is -0.470. The van der Waals surface area contributed by atoms with Gasteiger partial charge in [0.15, 0.2) is 0 Å². The number of carbonyl (C=O) groups is 1. The number of nitrogens with one attached hydrogen (secondary N) is 1. The number of aryl methyl sites for hydroxylation is 2. The van der Waals surface area contributed by atoms with Crippen LogP contribution in [0.3, 0.4) is 0 Å². The van der Waals surface area contributed by atoms with E-state index in [0.717, 1.165) is 31.2 Å². The van der Waals surface area contributed by atoms with Crippen LogP contribution in [0.5, 0.6) is 0 Å². The molecule has 3 rings (SSSR count). The van der Waals surface area contributed by atoms with Gasteiger partial charge < -0.3 is 4.90 Å². The summed E-state index contributed by atoms with van der Waals surface area (Å²) in [6.45, 7) is 0. The van der Waals surface area contributed by atoms with Gasteiger partial charge in [-0.25, -0.2) is 13.4 Å². The number of nitrogens with zero attached hydrogens (tertiary/aromatic N) is 2. The Bertz CT molecular complexity index is 908. The van der Waals surface area contributed by atoms with Crippen molar-refractivity contribution in [2.24, 2.45) is 0 Å². The fourth-order valence-corrected chi connectivity index (χ4v) is 4.00. The van der Waals surface area contributed by atoms with Gasteiger partial charge in [-0.05, 0) is 61.1 Å². The van der Waals surface area contributed by atoms with Crippen LogP contribution in [0.15, 0.2) is 41.4 Å². The molecule has 1 heterocycles. The normalized spacial score (nSPS) is 13.8. The fraction of sp³-hybridized carbons (Fsp3) is 0.333. The topological polar surface area (TPSA) is 79.4 Å². The molecule has 2 aromatic rings. The molecule has 0 aliphatic heterocycles. The van der Waals surface area contributed by atoms with E-state index in [0.29, 0.717) is 5.56 Å². The Labute approximate surface area is 147 Å². The van der Waals surface area contributed by atoms with Gasteiger partial charge in [-0.1, -0.05) is 6.07 Å². The van der Waals surface area contributed by atoms with Crippen LogP contribution in [0.2, 0.25) is 0 Å². The lowest BCUT2D eigenvalue weighted by Gasteiger charge is -2.17. The predicted molar refractivity (Wildman–Crippen MR) is 96.1 cm³/mol. The number of rotatable bonds is 4. The lowest BCUT2D eigenvalue weighted by Crippen LogP contribution is -2.22. The van der Waals surface area contributed by atoms with Crippen LogP contribution in [-0.2, 0) is 22.9 Å². The Kier molecular flexibility index (Phi) is 4.76. The van der Waals surface area contributed by atoms with Gasteiger partial charge in [0.05, 0.1) is 4.90 Å². The maximum absolute atomic E-state index is 12.7. The van der Waals surface area contributed by atoms with E-state index in [2.05, 4.69) is 9.71 Å². The number of anilines is 1. The molecule has 132 valence electrons. The summed E-state index contributed by atoms with van der Waals surface area (Å²) in [5, 5.41) is 0. The fourth-order valence-electron chi connectivity index (χ4n) is 2.95. The molecule has 1 amide bonds. The van der Waals surface area contributed by atoms with Crippen LogP contribution < -0.4 is 4.72 Å². The highest BCUT2D eigenvalue weighted by molar-refractivity contribution is 7.92. The van der Waals surface area contributed by atoms with E-state index in [1.807, 2.05) is 6.07 Å². The Balaban J connectivity index is 1.87. The summed E-state index contributed by atoms with van der Waals surface area (Å²) in [5.41, 5.74) is 2.70. The molecule has 0 atom stereocenters. The molecule has 1 N–H and O–H groups in total. The molecule has 0 saturated heterocycles. The van der Waals surface area contributed by atoms with Gasteiger partial charge >= 0.3 is 0 Å². The smallest absolute Gasteiger partial charge is 0.263 e. The highest BCUT2D eigenvalue weighted by Crippen LogP contribution is 2.25. The predicted octanol–water partition coefficient (Wildman–Crippen LogP) is 2.46. The molecule has 0 bridgehead atoms. The van der Waals surface area contributed by atoms with Crippen LogP contribution >= 0.6 is 0 Å². The average Bonchev–Trinajstić information content (AvgIpc) is 2.60. The summed E-state index contributed by atoms with van der Waals surface area (Å²) < 4.78 is 27.8. The zero-order valence-electron chi connectivity index (χ0n) is 14.3. The Morgan fingerprint density at radius 2 is 1.80 bits per heavy atom. The third-order valence-corrected chi connectivity index (χ3v) is 5.63. The second-order valence-corrected chi connectivity index (χ2v) is 8.05. The van der Waals surface area contributed by atoms with Crippen molar-refractivity contribution >= 4 is 21.7 Å². The van der Waals surface area contributed by atoms with Crippen molar-refractivity contribution in [2.45, 2.75) is 30.6 Å². The maximum atomic E-state index is 12.7. The first-order valence-corrected chi connectivity index (χ1v) is 9.67. The minimum absolute atomic E-state index is 0.130. The van der Waals surface area contributed by atoms with E-state index in [1.165, 1.54) is 22.7 Å². The molecule has 7 heteroatoms. The molecule has 0 fully saturated rings. The minimum Gasteiger partial charge on any atom is -0.345 e. The number of benzene rings is 1. The SMILES string of the molecule is CN(C)C(=O)c1ccnc(NS(=O)(=O)c2ccc3c(c2)CCCC3)c1. The number of sulfonamides is 1. The second-order valence-electron chi connectivity index (χ2n) is 6.37. The molecule has 25 heavy (non-hydrogen) atoms. The monoisotopic (exact) mass is 359 g/mol. The van der Waals surface area contributed by atoms with Crippen LogP contribution in [0.4, 0.5) is 5.82 Å². The molecule has 1 aliphatic rings. The number of hydrogen-bond donors (Lipinski definition) is 1. The second kappa shape index (κ2) is 6.84. The standard InChI is InChI=1S/C18H21N3O3S/c1-21(2)18(22)15-9-10-19-17(12-15)20-25(23,24)16-8-7-13-5-3-4-6-14(13)11-16/h7-12H,3-6H2,1-2H3,(H,19,20). The maximum Gasteiger partial charge on any atom is 0.263 e. The van der Waals surface area contributed by atoms with Gasteiger partial charge in [-0.2, -0.15) is 0 Å². The van der Waals surface area contributed by atoms with Crippen molar-refractivity contribution in [1.29, 1.82) is 0 Å². The first-order chi connectivity index (χ1) is 11.9. The Morgan fingerprint density at radius 1 is 1.08 bits per heavy atom. The molecule has 1 aromatic heterocycles. The summed E-state index contributed by atoms with van der Waals surface area (Å²) in [6, 6.07) is 8.26. The number of fused-ring (bicyclic) bond motifs is 1. The number of carbonyl (C=O) groups excluding carboxylic acids is 1. The first kappa shape index (κ1) is 17.4. The third-order valence-electron chi connectivity index (χ3n) is 4.28. The molecule has 0 spiro atoms. The molecular formula is C18H21N3O3S. The largest absolute Gasteiger partial charge is 0.345 e. The molecule has 0 saturated carbocycles. The molecule has 6 nitrogen and oxygen atoms in total. The van der Waals surface area contributed by atoms with E-state index in [1.54, 1.807) is 32.3 Å². The van der Waals surface area contributed by atoms with Crippen molar-refractivity contribution < 1.29 is 13.2 Å². The number of pyridine rings is 1. The third kappa shape index (κ3) is 3.82. The van der Waals surface area contributed by atoms with Gasteiger partial charge in [-0.3, -0.25) is 9.52 Å². The van der Waals surface area contributed by atoms with E-state index in [4.69, 9.17) is 0 Å². The van der Waals surface area contributed by atoms with E-state index in [9.17, 15) is 13.2 Å². The van der Waals surface area contributed by atoms with E-state index >= 15 is 0 Å². The van der Waals surface area contributed by atoms with Crippen LogP contribution in [0.25, 0.3) is 0 Å². The lowest BCUT2D eigenvalue weighted by molar-refractivity contribution is 0.0827. The van der Waals surface area contributed by atoms with Crippen molar-refractivity contribution in [3.63, 3.8) is 0 Å². The van der Waals surface area contributed by atoms with Crippen LogP contribution in [-0.4, -0.2) is 38.3 Å². The van der Waals surface area contributed by atoms with Crippen LogP contribution in [0, 0.1) is 0 Å². The van der Waals surface area contributed by atoms with Crippen molar-refractivity contribution in [2.75, 3.05) is 18.8 Å². The lowest BCUT2D eigenvalue weighted by atomic mass is 9.92. The summed E-state index contributed by atoms with van der Waals surface area (Å²) >= 11 is 0. The highest BCUT2D eigenvalue weighted by atomic mass is 32.2. The number of amides is 1. The summed E-state index contributed by atoms with van der Waals surface area (Å²) in [4.78, 5) is 17.7. The Hall–Kier alpha value is -2.41. The zero-order chi connectivity index (χ0) is 18.0. The van der Waals surface area contributed by atoms with Crippen molar-refractivity contribution in [1.82, 2.24) is 9.88 Å². The molecular weight excluding hydrogens is 338 g/mol. The van der Waals surface area contributed by atoms with E-state index < -0.39 is 10.0 Å². The van der Waals surface area contributed by atoms with Crippen LogP contribution in [0.1, 0.15) is 34.3 Å². The average molecular weight is 359 g/mol. The molecule has 0 radical (unpaired) electrons. The molecule has 0 unspecified atom stereocenters. The van der Waals surface area contributed by atoms with Gasteiger partial charge in [-0.15, -0.1) is 0 Å². The van der Waals surface area contributed by atoms with Gasteiger partial charge in [0.1, 0.15) is 5.82 Å². The van der Waals surface area contributed by atoms with Crippen molar-refractivity contribution in [3.05, 3.63) is 53.2 Å². The zero-order valence-corrected chi connectivity index (χ0v) is 15.1. The summed E-state index contributed by atoms with van der Waals surface area (Å²) in [5.74, 6) is -0.0814. The van der Waals surface area contributed by atoms with Crippen molar-refractivity contribution in [3.8, 4) is 0 Å². The molecule has 1 aromatic carbocycles. The highest BCUT2D eigenvalue weighted by Gasteiger charge is 2.19.